The molecule has 216 valence electrons. The maximum Gasteiger partial charge on any atom is 0.249 e. The average Bonchev–Trinajstić information content (AvgIpc) is 3.26. The smallest absolute Gasteiger partial charge is 0.249 e. The van der Waals surface area contributed by atoms with E-state index in [1.54, 1.807) is 4.90 Å². The first-order valence-corrected chi connectivity index (χ1v) is 14.6. The minimum absolute atomic E-state index is 0.0222. The maximum absolute atomic E-state index is 14.4. The standard InChI is InChI=1S/C31H41N3O6/c1-5-10-20(4)32-18-9-16-31-26(29(37)34(21(6-2)19-35)27(31)30(32)38)25-24(40-31)11-8-17-33(28(25)36)22-12-14-23(15-13-22)39-7-3/h8-9,11-16,20-21,24-27,35H,5-7,10,17-19H2,1-4H3/t20?,21-,24-,25+,26-,27?,31-/m0/s1. The lowest BCUT2D eigenvalue weighted by molar-refractivity contribution is -0.151. The van der Waals surface area contributed by atoms with E-state index in [4.69, 9.17) is 9.47 Å². The first kappa shape index (κ1) is 28.4. The van der Waals surface area contributed by atoms with E-state index in [1.807, 2.05) is 74.2 Å². The van der Waals surface area contributed by atoms with E-state index in [0.717, 1.165) is 12.8 Å². The molecule has 9 heteroatoms. The summed E-state index contributed by atoms with van der Waals surface area (Å²) in [5, 5.41) is 10.3. The molecule has 1 aromatic rings. The maximum atomic E-state index is 14.4. The minimum atomic E-state index is -1.30. The molecule has 4 aliphatic rings. The fourth-order valence-corrected chi connectivity index (χ4v) is 6.99. The molecule has 1 spiro atoms. The van der Waals surface area contributed by atoms with E-state index in [0.29, 0.717) is 37.6 Å². The molecule has 2 saturated heterocycles. The normalized spacial score (nSPS) is 31.0. The summed E-state index contributed by atoms with van der Waals surface area (Å²) < 4.78 is 12.3. The molecular weight excluding hydrogens is 510 g/mol. The average molecular weight is 552 g/mol. The van der Waals surface area contributed by atoms with E-state index in [2.05, 4.69) is 6.92 Å². The van der Waals surface area contributed by atoms with Crippen LogP contribution in [0, 0.1) is 11.8 Å². The highest BCUT2D eigenvalue weighted by Gasteiger charge is 2.72. The molecule has 3 amide bonds. The summed E-state index contributed by atoms with van der Waals surface area (Å²) >= 11 is 0. The van der Waals surface area contributed by atoms with Crippen molar-refractivity contribution in [2.45, 2.75) is 76.8 Å². The quantitative estimate of drug-likeness (QED) is 0.474. The number of likely N-dealkylation sites (tertiary alicyclic amines) is 1. The predicted molar refractivity (Wildman–Crippen MR) is 151 cm³/mol. The van der Waals surface area contributed by atoms with Gasteiger partial charge in [0.05, 0.1) is 37.2 Å². The zero-order valence-electron chi connectivity index (χ0n) is 23.9. The number of aliphatic hydroxyl groups excluding tert-OH is 1. The Balaban J connectivity index is 1.57. The summed E-state index contributed by atoms with van der Waals surface area (Å²) in [5.74, 6) is -1.69. The van der Waals surface area contributed by atoms with Crippen molar-refractivity contribution in [1.82, 2.24) is 9.80 Å². The van der Waals surface area contributed by atoms with Gasteiger partial charge >= 0.3 is 0 Å². The Labute approximate surface area is 236 Å². The third-order valence-electron chi connectivity index (χ3n) is 8.90. The molecule has 9 nitrogen and oxygen atoms in total. The van der Waals surface area contributed by atoms with Crippen molar-refractivity contribution in [2.75, 3.05) is 31.2 Å². The van der Waals surface area contributed by atoms with Crippen molar-refractivity contribution in [1.29, 1.82) is 0 Å². The molecule has 0 radical (unpaired) electrons. The van der Waals surface area contributed by atoms with Crippen LogP contribution in [0.15, 0.2) is 48.6 Å². The Hall–Kier alpha value is -3.17. The van der Waals surface area contributed by atoms with Gasteiger partial charge in [-0.25, -0.2) is 0 Å². The fourth-order valence-electron chi connectivity index (χ4n) is 6.99. The highest BCUT2D eigenvalue weighted by atomic mass is 16.5. The molecule has 4 aliphatic heterocycles. The third-order valence-corrected chi connectivity index (χ3v) is 8.90. The van der Waals surface area contributed by atoms with Crippen LogP contribution in [-0.4, -0.2) is 88.8 Å². The van der Waals surface area contributed by atoms with Gasteiger partial charge in [0, 0.05) is 24.8 Å². The van der Waals surface area contributed by atoms with Crippen LogP contribution in [0.4, 0.5) is 5.69 Å². The van der Waals surface area contributed by atoms with Gasteiger partial charge in [0.2, 0.25) is 17.7 Å². The van der Waals surface area contributed by atoms with Gasteiger partial charge < -0.3 is 29.3 Å². The highest BCUT2D eigenvalue weighted by Crippen LogP contribution is 2.54. The predicted octanol–water partition coefficient (Wildman–Crippen LogP) is 2.93. The van der Waals surface area contributed by atoms with E-state index >= 15 is 0 Å². The Kier molecular flexibility index (Phi) is 8.06. The topological polar surface area (TPSA) is 99.6 Å². The Morgan fingerprint density at radius 2 is 1.80 bits per heavy atom. The molecule has 7 atom stereocenters. The number of ether oxygens (including phenoxy) is 2. The SMILES string of the molecule is CCCC(C)N1CC=C[C@]23O[C@H]4C=CCN(c5ccc(OCC)cc5)C(=O)[C@H]4[C@H]2C(=O)N([C@@H](CC)CO)C3C1=O. The molecular formula is C31H41N3O6. The number of nitrogens with zero attached hydrogens (tertiary/aromatic N) is 3. The summed E-state index contributed by atoms with van der Waals surface area (Å²) in [7, 11) is 0. The Morgan fingerprint density at radius 3 is 2.45 bits per heavy atom. The molecule has 1 aromatic carbocycles. The molecule has 40 heavy (non-hydrogen) atoms. The molecule has 4 heterocycles. The number of fused-ring (bicyclic) bond motifs is 2. The number of anilines is 1. The Bertz CT molecular complexity index is 1180. The molecule has 0 bridgehead atoms. The van der Waals surface area contributed by atoms with Crippen LogP contribution in [0.3, 0.4) is 0 Å². The van der Waals surface area contributed by atoms with Crippen LogP contribution in [0.2, 0.25) is 0 Å². The van der Waals surface area contributed by atoms with E-state index in [-0.39, 0.29) is 30.4 Å². The van der Waals surface area contributed by atoms with Gasteiger partial charge in [0.25, 0.3) is 0 Å². The number of hydrogen-bond donors (Lipinski definition) is 1. The third kappa shape index (κ3) is 4.43. The second-order valence-electron chi connectivity index (χ2n) is 11.2. The van der Waals surface area contributed by atoms with Gasteiger partial charge in [-0.2, -0.15) is 0 Å². The second kappa shape index (κ2) is 11.4. The molecule has 1 N–H and O–H groups in total. The van der Waals surface area contributed by atoms with E-state index in [9.17, 15) is 19.5 Å². The van der Waals surface area contributed by atoms with Crippen molar-refractivity contribution in [2.24, 2.45) is 11.8 Å². The summed E-state index contributed by atoms with van der Waals surface area (Å²) in [6.07, 6.45) is 9.12. The van der Waals surface area contributed by atoms with E-state index in [1.165, 1.54) is 4.90 Å². The van der Waals surface area contributed by atoms with Crippen LogP contribution in [0.5, 0.6) is 5.75 Å². The van der Waals surface area contributed by atoms with Crippen molar-refractivity contribution in [3.05, 3.63) is 48.6 Å². The van der Waals surface area contributed by atoms with Gasteiger partial charge in [0.15, 0.2) is 0 Å². The van der Waals surface area contributed by atoms with Crippen molar-refractivity contribution >= 4 is 23.4 Å². The van der Waals surface area contributed by atoms with Gasteiger partial charge in [0.1, 0.15) is 17.4 Å². The monoisotopic (exact) mass is 551 g/mol. The second-order valence-corrected chi connectivity index (χ2v) is 11.2. The highest BCUT2D eigenvalue weighted by molar-refractivity contribution is 6.04. The van der Waals surface area contributed by atoms with Gasteiger partial charge in [-0.3, -0.25) is 14.4 Å². The molecule has 0 aliphatic carbocycles. The Morgan fingerprint density at radius 1 is 1.05 bits per heavy atom. The molecule has 2 unspecified atom stereocenters. The lowest BCUT2D eigenvalue weighted by Gasteiger charge is -2.39. The largest absolute Gasteiger partial charge is 0.494 e. The summed E-state index contributed by atoms with van der Waals surface area (Å²) in [5.41, 5.74) is -0.596. The van der Waals surface area contributed by atoms with Crippen LogP contribution in [0.25, 0.3) is 0 Å². The van der Waals surface area contributed by atoms with E-state index < -0.39 is 35.6 Å². The van der Waals surface area contributed by atoms with Crippen LogP contribution >= 0.6 is 0 Å². The van der Waals surface area contributed by atoms with Crippen LogP contribution < -0.4 is 9.64 Å². The zero-order valence-corrected chi connectivity index (χ0v) is 23.9. The first-order chi connectivity index (χ1) is 19.3. The first-order valence-electron chi connectivity index (χ1n) is 14.6. The van der Waals surface area contributed by atoms with Gasteiger partial charge in [-0.1, -0.05) is 44.6 Å². The summed E-state index contributed by atoms with van der Waals surface area (Å²) in [6, 6.07) is 5.81. The fraction of sp³-hybridized carbons (Fsp3) is 0.581. The molecule has 5 rings (SSSR count). The summed E-state index contributed by atoms with van der Waals surface area (Å²) in [4.78, 5) is 48.0. The van der Waals surface area contributed by atoms with Crippen molar-refractivity contribution in [3.63, 3.8) is 0 Å². The number of amides is 3. The van der Waals surface area contributed by atoms with Crippen molar-refractivity contribution < 1.29 is 29.0 Å². The zero-order chi connectivity index (χ0) is 28.6. The summed E-state index contributed by atoms with van der Waals surface area (Å²) in [6.45, 7) is 8.93. The number of hydrogen-bond acceptors (Lipinski definition) is 6. The minimum Gasteiger partial charge on any atom is -0.494 e. The molecule has 2 fully saturated rings. The van der Waals surface area contributed by atoms with Gasteiger partial charge in [-0.05, 0) is 51.0 Å². The number of carbonyl (C=O) groups excluding carboxylic acids is 3. The van der Waals surface area contributed by atoms with Crippen LogP contribution in [0.1, 0.15) is 47.0 Å². The van der Waals surface area contributed by atoms with Crippen LogP contribution in [-0.2, 0) is 19.1 Å². The van der Waals surface area contributed by atoms with Gasteiger partial charge in [-0.15, -0.1) is 0 Å². The lowest BCUT2D eigenvalue weighted by Crippen LogP contribution is -2.59. The number of carbonyl (C=O) groups is 3. The van der Waals surface area contributed by atoms with Crippen molar-refractivity contribution in [3.8, 4) is 5.75 Å². The number of benzene rings is 1. The number of rotatable bonds is 9. The molecule has 0 saturated carbocycles. The lowest BCUT2D eigenvalue weighted by atomic mass is 9.77. The number of aliphatic hydroxyl groups is 1. The molecule has 0 aromatic heterocycles.